The van der Waals surface area contributed by atoms with Crippen LogP contribution in [-0.2, 0) is 24.2 Å². The first kappa shape index (κ1) is 18.7. The molecule has 0 saturated carbocycles. The summed E-state index contributed by atoms with van der Waals surface area (Å²) in [5, 5.41) is 16.8. The van der Waals surface area contributed by atoms with E-state index in [0.717, 1.165) is 62.4 Å². The predicted octanol–water partition coefficient (Wildman–Crippen LogP) is 3.14. The predicted molar refractivity (Wildman–Crippen MR) is 110 cm³/mol. The van der Waals surface area contributed by atoms with E-state index in [1.54, 1.807) is 0 Å². The maximum absolute atomic E-state index is 9.85. The molecule has 0 aliphatic carbocycles. The van der Waals surface area contributed by atoms with E-state index >= 15 is 0 Å². The second-order valence-corrected chi connectivity index (χ2v) is 7.60. The standard InChI is InChI=1S/C22H27N5O/c1-27-10-9-18-19(12-23)21(24-13-16-6-3-2-4-7-16)26-22(20(18)15-27)25-14-17-8-5-11-28-17/h2-4,6-7,17H,5,8-11,13-15H2,1H3,(H2,24,25,26). The number of likely N-dealkylation sites (N-methyl/N-ethyl adjacent to an activating group) is 1. The van der Waals surface area contributed by atoms with Crippen molar-refractivity contribution in [2.45, 2.75) is 38.5 Å². The van der Waals surface area contributed by atoms with Crippen molar-refractivity contribution < 1.29 is 4.74 Å². The average molecular weight is 377 g/mol. The summed E-state index contributed by atoms with van der Waals surface area (Å²) in [6.45, 7) is 4.01. The van der Waals surface area contributed by atoms with Gasteiger partial charge in [-0.25, -0.2) is 4.98 Å². The summed E-state index contributed by atoms with van der Waals surface area (Å²) in [5.41, 5.74) is 4.12. The van der Waals surface area contributed by atoms with Gasteiger partial charge in [0.15, 0.2) is 0 Å². The van der Waals surface area contributed by atoms with Crippen LogP contribution in [0.1, 0.15) is 35.1 Å². The molecule has 3 heterocycles. The molecule has 146 valence electrons. The van der Waals surface area contributed by atoms with Crippen LogP contribution in [0.25, 0.3) is 0 Å². The minimum absolute atomic E-state index is 0.246. The first-order valence-electron chi connectivity index (χ1n) is 10.0. The lowest BCUT2D eigenvalue weighted by atomic mass is 9.95. The van der Waals surface area contributed by atoms with Gasteiger partial charge in [-0.1, -0.05) is 30.3 Å². The summed E-state index contributed by atoms with van der Waals surface area (Å²) in [6, 6.07) is 12.6. The lowest BCUT2D eigenvalue weighted by Gasteiger charge is -2.29. The highest BCUT2D eigenvalue weighted by Crippen LogP contribution is 2.32. The molecule has 1 saturated heterocycles. The molecule has 2 aliphatic rings. The molecular weight excluding hydrogens is 350 g/mol. The highest BCUT2D eigenvalue weighted by Gasteiger charge is 2.25. The number of aromatic nitrogens is 1. The summed E-state index contributed by atoms with van der Waals surface area (Å²) < 4.78 is 5.75. The molecule has 1 unspecified atom stereocenters. The van der Waals surface area contributed by atoms with Gasteiger partial charge in [0, 0.05) is 38.3 Å². The molecule has 6 nitrogen and oxygen atoms in total. The van der Waals surface area contributed by atoms with Gasteiger partial charge in [0.2, 0.25) is 0 Å². The zero-order valence-corrected chi connectivity index (χ0v) is 16.4. The quantitative estimate of drug-likeness (QED) is 0.806. The van der Waals surface area contributed by atoms with Gasteiger partial charge < -0.3 is 20.3 Å². The molecule has 28 heavy (non-hydrogen) atoms. The number of hydrogen-bond acceptors (Lipinski definition) is 6. The molecule has 2 aromatic rings. The molecule has 0 spiro atoms. The summed E-state index contributed by atoms with van der Waals surface area (Å²) >= 11 is 0. The van der Waals surface area contributed by atoms with E-state index in [0.29, 0.717) is 17.9 Å². The van der Waals surface area contributed by atoms with E-state index in [1.165, 1.54) is 5.56 Å². The first-order chi connectivity index (χ1) is 13.7. The molecular formula is C22H27N5O. The highest BCUT2D eigenvalue weighted by molar-refractivity contribution is 5.66. The van der Waals surface area contributed by atoms with Crippen molar-refractivity contribution in [1.82, 2.24) is 9.88 Å². The number of ether oxygens (including phenoxy) is 1. The molecule has 1 aromatic heterocycles. The number of benzene rings is 1. The molecule has 1 aromatic carbocycles. The summed E-state index contributed by atoms with van der Waals surface area (Å²) in [4.78, 5) is 7.12. The number of hydrogen-bond donors (Lipinski definition) is 2. The Morgan fingerprint density at radius 2 is 2.07 bits per heavy atom. The minimum Gasteiger partial charge on any atom is -0.376 e. The zero-order valence-electron chi connectivity index (χ0n) is 16.4. The number of anilines is 2. The van der Waals surface area contributed by atoms with Crippen LogP contribution < -0.4 is 10.6 Å². The average Bonchev–Trinajstić information content (AvgIpc) is 3.25. The Morgan fingerprint density at radius 1 is 1.21 bits per heavy atom. The van der Waals surface area contributed by atoms with Crippen molar-refractivity contribution in [3.8, 4) is 6.07 Å². The fourth-order valence-electron chi connectivity index (χ4n) is 3.96. The van der Waals surface area contributed by atoms with Crippen molar-refractivity contribution >= 4 is 11.6 Å². The highest BCUT2D eigenvalue weighted by atomic mass is 16.5. The van der Waals surface area contributed by atoms with Gasteiger partial charge in [-0.2, -0.15) is 5.26 Å². The Labute approximate surface area is 166 Å². The van der Waals surface area contributed by atoms with Crippen molar-refractivity contribution in [2.24, 2.45) is 0 Å². The molecule has 1 atom stereocenters. The van der Waals surface area contributed by atoms with Gasteiger partial charge in [-0.3, -0.25) is 0 Å². The fourth-order valence-corrected chi connectivity index (χ4v) is 3.96. The third-order valence-corrected chi connectivity index (χ3v) is 5.52. The van der Waals surface area contributed by atoms with Crippen LogP contribution in [0.15, 0.2) is 30.3 Å². The van der Waals surface area contributed by atoms with E-state index in [9.17, 15) is 5.26 Å². The normalized spacial score (nSPS) is 19.1. The maximum atomic E-state index is 9.85. The Morgan fingerprint density at radius 3 is 2.82 bits per heavy atom. The minimum atomic E-state index is 0.246. The first-order valence-corrected chi connectivity index (χ1v) is 10.0. The van der Waals surface area contributed by atoms with Crippen molar-refractivity contribution in [3.05, 3.63) is 52.6 Å². The van der Waals surface area contributed by atoms with Crippen LogP contribution in [0, 0.1) is 11.3 Å². The lowest BCUT2D eigenvalue weighted by Crippen LogP contribution is -2.30. The van der Waals surface area contributed by atoms with Crippen molar-refractivity contribution in [3.63, 3.8) is 0 Å². The molecule has 2 aliphatic heterocycles. The van der Waals surface area contributed by atoms with E-state index < -0.39 is 0 Å². The number of nitriles is 1. The van der Waals surface area contributed by atoms with Crippen molar-refractivity contribution in [1.29, 1.82) is 5.26 Å². The van der Waals surface area contributed by atoms with E-state index in [4.69, 9.17) is 9.72 Å². The Kier molecular flexibility index (Phi) is 5.75. The SMILES string of the molecule is CN1CCc2c(C#N)c(NCc3ccccc3)nc(NCC3CCCO3)c2C1. The van der Waals surface area contributed by atoms with Gasteiger partial charge in [-0.15, -0.1) is 0 Å². The number of rotatable bonds is 6. The van der Waals surface area contributed by atoms with Crippen LogP contribution in [0.5, 0.6) is 0 Å². The topological polar surface area (TPSA) is 73.2 Å². The Bertz CT molecular complexity index is 855. The number of nitrogens with one attached hydrogen (secondary N) is 2. The van der Waals surface area contributed by atoms with Crippen LogP contribution in [0.3, 0.4) is 0 Å². The second-order valence-electron chi connectivity index (χ2n) is 7.60. The maximum Gasteiger partial charge on any atom is 0.146 e. The summed E-state index contributed by atoms with van der Waals surface area (Å²) in [6.07, 6.45) is 3.32. The Balaban J connectivity index is 1.62. The molecule has 6 heteroatoms. The smallest absolute Gasteiger partial charge is 0.146 e. The van der Waals surface area contributed by atoms with Crippen molar-refractivity contribution in [2.75, 3.05) is 37.4 Å². The van der Waals surface area contributed by atoms with Crippen LogP contribution in [0.4, 0.5) is 11.6 Å². The van der Waals surface area contributed by atoms with Gasteiger partial charge in [0.1, 0.15) is 17.7 Å². The van der Waals surface area contributed by atoms with E-state index in [2.05, 4.69) is 40.8 Å². The second kappa shape index (κ2) is 8.59. The number of fused-ring (bicyclic) bond motifs is 1. The molecule has 0 bridgehead atoms. The molecule has 2 N–H and O–H groups in total. The monoisotopic (exact) mass is 377 g/mol. The Hall–Kier alpha value is -2.62. The number of pyridine rings is 1. The summed E-state index contributed by atoms with van der Waals surface area (Å²) in [5.74, 6) is 1.55. The third-order valence-electron chi connectivity index (χ3n) is 5.52. The number of nitrogens with zero attached hydrogens (tertiary/aromatic N) is 3. The van der Waals surface area contributed by atoms with E-state index in [1.807, 2.05) is 18.2 Å². The molecule has 0 amide bonds. The summed E-state index contributed by atoms with van der Waals surface area (Å²) in [7, 11) is 2.11. The van der Waals surface area contributed by atoms with E-state index in [-0.39, 0.29) is 6.10 Å². The molecule has 1 fully saturated rings. The zero-order chi connectivity index (χ0) is 19.3. The van der Waals surface area contributed by atoms with Crippen LogP contribution in [0.2, 0.25) is 0 Å². The molecule has 0 radical (unpaired) electrons. The van der Waals surface area contributed by atoms with Crippen LogP contribution >= 0.6 is 0 Å². The van der Waals surface area contributed by atoms with Gasteiger partial charge in [0.25, 0.3) is 0 Å². The van der Waals surface area contributed by atoms with Gasteiger partial charge in [0.05, 0.1) is 11.7 Å². The molecule has 4 rings (SSSR count). The van der Waals surface area contributed by atoms with Crippen LogP contribution in [-0.4, -0.2) is 42.7 Å². The largest absolute Gasteiger partial charge is 0.376 e. The third kappa shape index (κ3) is 4.11. The fraction of sp³-hybridized carbons (Fsp3) is 0.455. The lowest BCUT2D eigenvalue weighted by molar-refractivity contribution is 0.120. The van der Waals surface area contributed by atoms with Gasteiger partial charge >= 0.3 is 0 Å². The van der Waals surface area contributed by atoms with Gasteiger partial charge in [-0.05, 0) is 37.4 Å².